The fourth-order valence-electron chi connectivity index (χ4n) is 1.49. The monoisotopic (exact) mass is 172 g/mol. The van der Waals surface area contributed by atoms with Gasteiger partial charge < -0.3 is 15.8 Å². The molecule has 4 heteroatoms. The van der Waals surface area contributed by atoms with Crippen molar-refractivity contribution in [3.8, 4) is 0 Å². The maximum atomic E-state index is 10.8. The van der Waals surface area contributed by atoms with Crippen molar-refractivity contribution in [2.45, 2.75) is 37.8 Å². The number of alkyl carbamates (subject to hydrolysis) is 1. The Hall–Kier alpha value is -0.770. The molecule has 3 N–H and O–H groups in total. The Morgan fingerprint density at radius 2 is 2.00 bits per heavy atom. The SMILES string of the molecule is COC(=O)N[C@H]1CC[C@H](N)CC1. The average Bonchev–Trinajstić information content (AvgIpc) is 2.09. The summed E-state index contributed by atoms with van der Waals surface area (Å²) in [5, 5.41) is 2.77. The van der Waals surface area contributed by atoms with Crippen LogP contribution in [-0.2, 0) is 4.74 Å². The molecule has 0 aliphatic heterocycles. The van der Waals surface area contributed by atoms with Gasteiger partial charge in [0.25, 0.3) is 0 Å². The van der Waals surface area contributed by atoms with Crippen LogP contribution in [0.15, 0.2) is 0 Å². The zero-order valence-corrected chi connectivity index (χ0v) is 7.38. The van der Waals surface area contributed by atoms with Crippen molar-refractivity contribution < 1.29 is 9.53 Å². The molecule has 0 atom stereocenters. The van der Waals surface area contributed by atoms with Gasteiger partial charge in [-0.1, -0.05) is 0 Å². The maximum absolute atomic E-state index is 10.8. The van der Waals surface area contributed by atoms with E-state index in [1.54, 1.807) is 0 Å². The molecule has 1 saturated carbocycles. The molecule has 0 unspecified atom stereocenters. The Balaban J connectivity index is 2.21. The molecule has 70 valence electrons. The van der Waals surface area contributed by atoms with Crippen LogP contribution in [0.4, 0.5) is 4.79 Å². The zero-order chi connectivity index (χ0) is 8.97. The summed E-state index contributed by atoms with van der Waals surface area (Å²) in [4.78, 5) is 10.8. The van der Waals surface area contributed by atoms with Crippen LogP contribution in [0.2, 0.25) is 0 Å². The van der Waals surface area contributed by atoms with E-state index >= 15 is 0 Å². The largest absolute Gasteiger partial charge is 0.453 e. The maximum Gasteiger partial charge on any atom is 0.407 e. The first kappa shape index (κ1) is 9.32. The van der Waals surface area contributed by atoms with Crippen molar-refractivity contribution in [1.29, 1.82) is 0 Å². The van der Waals surface area contributed by atoms with Gasteiger partial charge in [0.15, 0.2) is 0 Å². The number of ether oxygens (including phenoxy) is 1. The van der Waals surface area contributed by atoms with Crippen molar-refractivity contribution in [2.75, 3.05) is 7.11 Å². The first-order valence-corrected chi connectivity index (χ1v) is 4.32. The second kappa shape index (κ2) is 4.30. The number of nitrogens with two attached hydrogens (primary N) is 1. The summed E-state index contributed by atoms with van der Waals surface area (Å²) in [6.07, 6.45) is 3.59. The lowest BCUT2D eigenvalue weighted by atomic mass is 9.92. The molecule has 1 aliphatic rings. The van der Waals surface area contributed by atoms with Crippen LogP contribution in [-0.4, -0.2) is 25.3 Å². The van der Waals surface area contributed by atoms with E-state index in [4.69, 9.17) is 5.73 Å². The predicted octanol–water partition coefficient (Wildman–Crippen LogP) is 0.612. The van der Waals surface area contributed by atoms with E-state index in [0.29, 0.717) is 6.04 Å². The number of methoxy groups -OCH3 is 1. The molecule has 0 aromatic heterocycles. The smallest absolute Gasteiger partial charge is 0.407 e. The third kappa shape index (κ3) is 2.70. The Kier molecular flexibility index (Phi) is 3.34. The van der Waals surface area contributed by atoms with Gasteiger partial charge in [-0.25, -0.2) is 4.79 Å². The van der Waals surface area contributed by atoms with Gasteiger partial charge in [0.2, 0.25) is 0 Å². The summed E-state index contributed by atoms with van der Waals surface area (Å²) in [6.45, 7) is 0. The minimum Gasteiger partial charge on any atom is -0.453 e. The molecule has 4 nitrogen and oxygen atoms in total. The molecule has 1 rings (SSSR count). The van der Waals surface area contributed by atoms with E-state index in [-0.39, 0.29) is 12.1 Å². The van der Waals surface area contributed by atoms with Crippen molar-refractivity contribution in [3.63, 3.8) is 0 Å². The first-order valence-electron chi connectivity index (χ1n) is 4.32. The van der Waals surface area contributed by atoms with Gasteiger partial charge in [-0.15, -0.1) is 0 Å². The number of carbonyl (C=O) groups is 1. The number of amides is 1. The summed E-state index contributed by atoms with van der Waals surface area (Å²) in [5.41, 5.74) is 5.72. The van der Waals surface area contributed by atoms with E-state index in [0.717, 1.165) is 25.7 Å². The number of hydrogen-bond donors (Lipinski definition) is 2. The van der Waals surface area contributed by atoms with Crippen LogP contribution in [0.5, 0.6) is 0 Å². The summed E-state index contributed by atoms with van der Waals surface area (Å²) >= 11 is 0. The van der Waals surface area contributed by atoms with E-state index in [2.05, 4.69) is 10.1 Å². The van der Waals surface area contributed by atoms with Crippen molar-refractivity contribution >= 4 is 6.09 Å². The summed E-state index contributed by atoms with van der Waals surface area (Å²) < 4.78 is 4.50. The molecule has 12 heavy (non-hydrogen) atoms. The lowest BCUT2D eigenvalue weighted by molar-refractivity contribution is 0.162. The second-order valence-electron chi connectivity index (χ2n) is 3.25. The van der Waals surface area contributed by atoms with E-state index in [1.165, 1.54) is 7.11 Å². The molecule has 1 aliphatic carbocycles. The molecule has 0 bridgehead atoms. The van der Waals surface area contributed by atoms with Gasteiger partial charge in [0.1, 0.15) is 0 Å². The third-order valence-corrected chi connectivity index (χ3v) is 2.28. The highest BCUT2D eigenvalue weighted by molar-refractivity contribution is 5.67. The Labute approximate surface area is 72.5 Å². The minimum absolute atomic E-state index is 0.261. The van der Waals surface area contributed by atoms with Crippen molar-refractivity contribution in [3.05, 3.63) is 0 Å². The lowest BCUT2D eigenvalue weighted by Gasteiger charge is -2.26. The molecule has 1 amide bonds. The standard InChI is InChI=1S/C8H16N2O2/c1-12-8(11)10-7-4-2-6(9)3-5-7/h6-7H,2-5,9H2,1H3,(H,10,11)/t6-,7-. The molecule has 0 heterocycles. The number of rotatable bonds is 1. The third-order valence-electron chi connectivity index (χ3n) is 2.28. The van der Waals surface area contributed by atoms with E-state index in [1.807, 2.05) is 0 Å². The van der Waals surface area contributed by atoms with Gasteiger partial charge in [-0.3, -0.25) is 0 Å². The van der Waals surface area contributed by atoms with Crippen LogP contribution in [0, 0.1) is 0 Å². The van der Waals surface area contributed by atoms with Gasteiger partial charge in [-0.2, -0.15) is 0 Å². The van der Waals surface area contributed by atoms with Crippen LogP contribution < -0.4 is 11.1 Å². The molecule has 0 spiro atoms. The molecular formula is C8H16N2O2. The average molecular weight is 172 g/mol. The first-order chi connectivity index (χ1) is 5.72. The number of hydrogen-bond acceptors (Lipinski definition) is 3. The Morgan fingerprint density at radius 3 is 2.50 bits per heavy atom. The predicted molar refractivity (Wildman–Crippen MR) is 45.8 cm³/mol. The van der Waals surface area contributed by atoms with E-state index in [9.17, 15) is 4.79 Å². The van der Waals surface area contributed by atoms with Gasteiger partial charge >= 0.3 is 6.09 Å². The topological polar surface area (TPSA) is 64.3 Å². The molecule has 1 fully saturated rings. The van der Waals surface area contributed by atoms with Gasteiger partial charge in [0, 0.05) is 12.1 Å². The van der Waals surface area contributed by atoms with Crippen LogP contribution in [0.25, 0.3) is 0 Å². The number of carbonyl (C=O) groups excluding carboxylic acids is 1. The molecule has 0 aromatic carbocycles. The Morgan fingerprint density at radius 1 is 1.42 bits per heavy atom. The quantitative estimate of drug-likeness (QED) is 0.609. The summed E-state index contributed by atoms with van der Waals surface area (Å²) in [5.74, 6) is 0. The highest BCUT2D eigenvalue weighted by atomic mass is 16.5. The fourth-order valence-corrected chi connectivity index (χ4v) is 1.49. The number of nitrogens with one attached hydrogen (secondary N) is 1. The molecular weight excluding hydrogens is 156 g/mol. The van der Waals surface area contributed by atoms with E-state index < -0.39 is 0 Å². The zero-order valence-electron chi connectivity index (χ0n) is 7.38. The molecule has 0 saturated heterocycles. The second-order valence-corrected chi connectivity index (χ2v) is 3.25. The van der Waals surface area contributed by atoms with Gasteiger partial charge in [0.05, 0.1) is 7.11 Å². The Bertz CT molecular complexity index is 153. The van der Waals surface area contributed by atoms with Gasteiger partial charge in [-0.05, 0) is 25.7 Å². The van der Waals surface area contributed by atoms with Crippen LogP contribution >= 0.6 is 0 Å². The highest BCUT2D eigenvalue weighted by Gasteiger charge is 2.19. The molecule has 0 aromatic rings. The fraction of sp³-hybridized carbons (Fsp3) is 0.875. The highest BCUT2D eigenvalue weighted by Crippen LogP contribution is 2.16. The van der Waals surface area contributed by atoms with Crippen molar-refractivity contribution in [1.82, 2.24) is 5.32 Å². The normalized spacial score (nSPS) is 29.5. The lowest BCUT2D eigenvalue weighted by Crippen LogP contribution is -2.40. The van der Waals surface area contributed by atoms with Crippen LogP contribution in [0.3, 0.4) is 0 Å². The summed E-state index contributed by atoms with van der Waals surface area (Å²) in [7, 11) is 1.38. The molecule has 0 radical (unpaired) electrons. The summed E-state index contributed by atoms with van der Waals surface area (Å²) in [6, 6.07) is 0.581. The minimum atomic E-state index is -0.338. The van der Waals surface area contributed by atoms with Crippen LogP contribution in [0.1, 0.15) is 25.7 Å². The van der Waals surface area contributed by atoms with Crippen molar-refractivity contribution in [2.24, 2.45) is 5.73 Å².